The van der Waals surface area contributed by atoms with Crippen molar-refractivity contribution in [1.29, 1.82) is 0 Å². The minimum absolute atomic E-state index is 0.0881. The molecule has 0 N–H and O–H groups in total. The van der Waals surface area contributed by atoms with E-state index in [-0.39, 0.29) is 5.41 Å². The first kappa shape index (κ1) is 13.1. The summed E-state index contributed by atoms with van der Waals surface area (Å²) in [6.07, 6.45) is 0. The van der Waals surface area contributed by atoms with Crippen LogP contribution in [0.2, 0.25) is 5.02 Å². The number of hydrogen-bond acceptors (Lipinski definition) is 2. The Morgan fingerprint density at radius 3 is 2.53 bits per heavy atom. The van der Waals surface area contributed by atoms with Gasteiger partial charge in [-0.1, -0.05) is 54.4 Å². The van der Waals surface area contributed by atoms with Crippen LogP contribution >= 0.6 is 38.9 Å². The van der Waals surface area contributed by atoms with E-state index in [0.29, 0.717) is 0 Å². The highest BCUT2D eigenvalue weighted by Gasteiger charge is 2.19. The summed E-state index contributed by atoms with van der Waals surface area (Å²) in [5.74, 6) is 0. The SMILES string of the molecule is CC(C)(C)c1nc(-c2ccc(Br)cc2Cl)cs1. The van der Waals surface area contributed by atoms with Gasteiger partial charge in [-0.3, -0.25) is 0 Å². The molecule has 0 aliphatic rings. The summed E-state index contributed by atoms with van der Waals surface area (Å²) in [6.45, 7) is 6.50. The smallest absolute Gasteiger partial charge is 0.0986 e. The molecule has 90 valence electrons. The van der Waals surface area contributed by atoms with Gasteiger partial charge in [-0.2, -0.15) is 0 Å². The maximum absolute atomic E-state index is 6.22. The van der Waals surface area contributed by atoms with Gasteiger partial charge in [-0.25, -0.2) is 4.98 Å². The van der Waals surface area contributed by atoms with Gasteiger partial charge >= 0.3 is 0 Å². The van der Waals surface area contributed by atoms with Crippen molar-refractivity contribution in [2.24, 2.45) is 0 Å². The highest BCUT2D eigenvalue weighted by atomic mass is 79.9. The number of aromatic nitrogens is 1. The van der Waals surface area contributed by atoms with Crippen molar-refractivity contribution in [3.05, 3.63) is 38.1 Å². The van der Waals surface area contributed by atoms with E-state index in [0.717, 1.165) is 25.8 Å². The molecule has 0 saturated carbocycles. The summed E-state index contributed by atoms with van der Waals surface area (Å²) in [6, 6.07) is 5.87. The topological polar surface area (TPSA) is 12.9 Å². The normalized spacial score (nSPS) is 11.8. The third-order valence-electron chi connectivity index (χ3n) is 2.35. The summed E-state index contributed by atoms with van der Waals surface area (Å²) in [7, 11) is 0. The maximum atomic E-state index is 6.22. The van der Waals surface area contributed by atoms with E-state index in [1.807, 2.05) is 18.2 Å². The fourth-order valence-corrected chi connectivity index (χ4v) is 3.12. The lowest BCUT2D eigenvalue weighted by Gasteiger charge is -2.13. The molecule has 0 amide bonds. The largest absolute Gasteiger partial charge is 0.241 e. The van der Waals surface area contributed by atoms with E-state index in [1.54, 1.807) is 11.3 Å². The molecule has 1 heterocycles. The summed E-state index contributed by atoms with van der Waals surface area (Å²) in [5, 5.41) is 3.92. The summed E-state index contributed by atoms with van der Waals surface area (Å²) in [5.41, 5.74) is 2.03. The highest BCUT2D eigenvalue weighted by molar-refractivity contribution is 9.10. The zero-order chi connectivity index (χ0) is 12.6. The standard InChI is InChI=1S/C13H13BrClNS/c1-13(2,3)12-16-11(7-17-12)9-5-4-8(14)6-10(9)15/h4-7H,1-3H3. The lowest BCUT2D eigenvalue weighted by Crippen LogP contribution is -2.10. The van der Waals surface area contributed by atoms with E-state index in [9.17, 15) is 0 Å². The van der Waals surface area contributed by atoms with E-state index in [1.165, 1.54) is 0 Å². The van der Waals surface area contributed by atoms with Crippen molar-refractivity contribution in [3.63, 3.8) is 0 Å². The average Bonchev–Trinajstić information content (AvgIpc) is 2.65. The van der Waals surface area contributed by atoms with Gasteiger partial charge in [0, 0.05) is 20.8 Å². The Morgan fingerprint density at radius 1 is 1.29 bits per heavy atom. The molecule has 4 heteroatoms. The molecule has 2 rings (SSSR count). The predicted octanol–water partition coefficient (Wildman–Crippen LogP) is 5.52. The van der Waals surface area contributed by atoms with Crippen LogP contribution in [0.1, 0.15) is 25.8 Å². The van der Waals surface area contributed by atoms with Crippen LogP contribution in [0.25, 0.3) is 11.3 Å². The van der Waals surface area contributed by atoms with Crippen molar-refractivity contribution >= 4 is 38.9 Å². The fourth-order valence-electron chi connectivity index (χ4n) is 1.44. The molecule has 0 bridgehead atoms. The maximum Gasteiger partial charge on any atom is 0.0986 e. The van der Waals surface area contributed by atoms with E-state index in [4.69, 9.17) is 11.6 Å². The van der Waals surface area contributed by atoms with Crippen LogP contribution in [0.15, 0.2) is 28.1 Å². The number of nitrogens with zero attached hydrogens (tertiary/aromatic N) is 1. The van der Waals surface area contributed by atoms with Gasteiger partial charge in [0.25, 0.3) is 0 Å². The zero-order valence-electron chi connectivity index (χ0n) is 9.92. The van der Waals surface area contributed by atoms with Crippen LogP contribution in [-0.4, -0.2) is 4.98 Å². The number of hydrogen-bond donors (Lipinski definition) is 0. The Kier molecular flexibility index (Phi) is 3.62. The molecule has 0 aliphatic carbocycles. The molecule has 0 radical (unpaired) electrons. The number of benzene rings is 1. The van der Waals surface area contributed by atoms with Crippen molar-refractivity contribution < 1.29 is 0 Å². The first-order valence-electron chi connectivity index (χ1n) is 5.29. The van der Waals surface area contributed by atoms with Crippen LogP contribution < -0.4 is 0 Å². The van der Waals surface area contributed by atoms with Gasteiger partial charge < -0.3 is 0 Å². The molecule has 0 saturated heterocycles. The van der Waals surface area contributed by atoms with Crippen molar-refractivity contribution in [2.45, 2.75) is 26.2 Å². The average molecular weight is 331 g/mol. The lowest BCUT2D eigenvalue weighted by atomic mass is 9.98. The zero-order valence-corrected chi connectivity index (χ0v) is 13.1. The van der Waals surface area contributed by atoms with Crippen LogP contribution in [-0.2, 0) is 5.41 Å². The van der Waals surface area contributed by atoms with Crippen LogP contribution in [0, 0.1) is 0 Å². The van der Waals surface area contributed by atoms with Gasteiger partial charge in [0.15, 0.2) is 0 Å². The van der Waals surface area contributed by atoms with Crippen molar-refractivity contribution in [3.8, 4) is 11.3 Å². The lowest BCUT2D eigenvalue weighted by molar-refractivity contribution is 0.586. The van der Waals surface area contributed by atoms with E-state index in [2.05, 4.69) is 47.1 Å². The number of rotatable bonds is 1. The molecule has 0 aliphatic heterocycles. The van der Waals surface area contributed by atoms with E-state index >= 15 is 0 Å². The molecule has 0 atom stereocenters. The minimum Gasteiger partial charge on any atom is -0.241 e. The van der Waals surface area contributed by atoms with Crippen LogP contribution in [0.5, 0.6) is 0 Å². The van der Waals surface area contributed by atoms with E-state index < -0.39 is 0 Å². The molecule has 1 aromatic carbocycles. The van der Waals surface area contributed by atoms with Gasteiger partial charge in [0.05, 0.1) is 15.7 Å². The molecule has 1 aromatic heterocycles. The fraction of sp³-hybridized carbons (Fsp3) is 0.308. The Hall–Kier alpha value is -0.380. The summed E-state index contributed by atoms with van der Waals surface area (Å²) < 4.78 is 0.984. The van der Waals surface area contributed by atoms with Crippen LogP contribution in [0.4, 0.5) is 0 Å². The molecular formula is C13H13BrClNS. The molecule has 0 unspecified atom stereocenters. The minimum atomic E-state index is 0.0881. The molecule has 0 spiro atoms. The first-order valence-corrected chi connectivity index (χ1v) is 7.34. The van der Waals surface area contributed by atoms with Crippen LogP contribution in [0.3, 0.4) is 0 Å². The molecule has 17 heavy (non-hydrogen) atoms. The Bertz CT molecular complexity index is 543. The number of thiazole rings is 1. The van der Waals surface area contributed by atoms with Gasteiger partial charge in [-0.15, -0.1) is 11.3 Å². The molecule has 0 fully saturated rings. The predicted molar refractivity (Wildman–Crippen MR) is 79.0 cm³/mol. The van der Waals surface area contributed by atoms with Crippen molar-refractivity contribution in [1.82, 2.24) is 4.98 Å². The van der Waals surface area contributed by atoms with Crippen molar-refractivity contribution in [2.75, 3.05) is 0 Å². The molecule has 1 nitrogen and oxygen atoms in total. The first-order chi connectivity index (χ1) is 7.88. The highest BCUT2D eigenvalue weighted by Crippen LogP contribution is 2.34. The summed E-state index contributed by atoms with van der Waals surface area (Å²) >= 11 is 11.3. The Balaban J connectivity index is 2.44. The Labute approximate surface area is 119 Å². The Morgan fingerprint density at radius 2 is 2.00 bits per heavy atom. The van der Waals surface area contributed by atoms with Gasteiger partial charge in [0.1, 0.15) is 0 Å². The second kappa shape index (κ2) is 4.71. The quantitative estimate of drug-likeness (QED) is 0.670. The number of halogens is 2. The third-order valence-corrected chi connectivity index (χ3v) is 4.43. The monoisotopic (exact) mass is 329 g/mol. The summed E-state index contributed by atoms with van der Waals surface area (Å²) in [4.78, 5) is 4.66. The second-order valence-corrected chi connectivity index (χ2v) is 7.09. The second-order valence-electron chi connectivity index (χ2n) is 4.91. The van der Waals surface area contributed by atoms with Gasteiger partial charge in [-0.05, 0) is 12.1 Å². The molecule has 2 aromatic rings. The third kappa shape index (κ3) is 2.90. The molecular weight excluding hydrogens is 318 g/mol. The van der Waals surface area contributed by atoms with Gasteiger partial charge in [0.2, 0.25) is 0 Å².